The monoisotopic (exact) mass is 191 g/mol. The van der Waals surface area contributed by atoms with E-state index in [2.05, 4.69) is 10.0 Å². The molecule has 0 aliphatic rings. The highest BCUT2D eigenvalue weighted by Gasteiger charge is 2.13. The van der Waals surface area contributed by atoms with E-state index in [0.717, 1.165) is 0 Å². The van der Waals surface area contributed by atoms with Gasteiger partial charge in [-0.05, 0) is 30.5 Å². The van der Waals surface area contributed by atoms with Crippen LogP contribution >= 0.6 is 0 Å². The largest absolute Gasteiger partial charge is 0.478 e. The molecule has 0 bridgehead atoms. The molecule has 72 valence electrons. The molecule has 14 heavy (non-hydrogen) atoms. The number of rotatable bonds is 2. The number of carboxylic acids is 1. The third kappa shape index (κ3) is 1.67. The van der Waals surface area contributed by atoms with Crippen LogP contribution in [-0.2, 0) is 0 Å². The van der Waals surface area contributed by atoms with E-state index in [-0.39, 0.29) is 11.3 Å². The second-order valence-electron chi connectivity index (χ2n) is 2.92. The fourth-order valence-corrected chi connectivity index (χ4v) is 1.24. The van der Waals surface area contributed by atoms with Gasteiger partial charge in [0.15, 0.2) is 0 Å². The lowest BCUT2D eigenvalue weighted by Crippen LogP contribution is -2.00. The second-order valence-corrected chi connectivity index (χ2v) is 2.92. The molecule has 1 rings (SSSR count). The molecule has 0 heterocycles. The quantitative estimate of drug-likeness (QED) is 0.442. The van der Waals surface area contributed by atoms with Crippen molar-refractivity contribution in [1.29, 1.82) is 0 Å². The maximum Gasteiger partial charge on any atom is 0.336 e. The van der Waals surface area contributed by atoms with E-state index in [1.54, 1.807) is 26.0 Å². The summed E-state index contributed by atoms with van der Waals surface area (Å²) < 4.78 is 0. The van der Waals surface area contributed by atoms with Gasteiger partial charge in [0.05, 0.1) is 11.3 Å². The van der Waals surface area contributed by atoms with Gasteiger partial charge in [-0.15, -0.1) is 0 Å². The fourth-order valence-electron chi connectivity index (χ4n) is 1.24. The number of azide groups is 1. The lowest BCUT2D eigenvalue weighted by molar-refractivity contribution is 0.0697. The zero-order valence-corrected chi connectivity index (χ0v) is 7.85. The van der Waals surface area contributed by atoms with E-state index in [1.807, 2.05) is 0 Å². The Hall–Kier alpha value is -2.00. The van der Waals surface area contributed by atoms with Crippen molar-refractivity contribution in [3.8, 4) is 0 Å². The molecule has 1 aromatic rings. The van der Waals surface area contributed by atoms with Crippen LogP contribution in [0.2, 0.25) is 0 Å². The van der Waals surface area contributed by atoms with E-state index >= 15 is 0 Å². The van der Waals surface area contributed by atoms with Crippen molar-refractivity contribution in [2.45, 2.75) is 13.8 Å². The third-order valence-electron chi connectivity index (χ3n) is 1.95. The highest BCUT2D eigenvalue weighted by atomic mass is 16.4. The van der Waals surface area contributed by atoms with Crippen LogP contribution in [0.15, 0.2) is 17.2 Å². The van der Waals surface area contributed by atoms with E-state index in [0.29, 0.717) is 11.1 Å². The van der Waals surface area contributed by atoms with Gasteiger partial charge in [0.2, 0.25) is 0 Å². The normalized spacial score (nSPS) is 9.29. The summed E-state index contributed by atoms with van der Waals surface area (Å²) in [4.78, 5) is 13.5. The van der Waals surface area contributed by atoms with Crippen molar-refractivity contribution >= 4 is 11.7 Å². The van der Waals surface area contributed by atoms with Gasteiger partial charge in [-0.25, -0.2) is 4.79 Å². The standard InChI is InChI=1S/C9H9N3O2/c1-5-3-4-6(2)8(11-12-10)7(5)9(13)14/h3-4H,1-2H3,(H,13,14). The minimum absolute atomic E-state index is 0.0720. The van der Waals surface area contributed by atoms with Gasteiger partial charge in [0, 0.05) is 4.91 Å². The average Bonchev–Trinajstić information content (AvgIpc) is 2.11. The molecule has 0 saturated carbocycles. The summed E-state index contributed by atoms with van der Waals surface area (Å²) in [7, 11) is 0. The van der Waals surface area contributed by atoms with Crippen LogP contribution < -0.4 is 0 Å². The zero-order chi connectivity index (χ0) is 10.7. The van der Waals surface area contributed by atoms with Gasteiger partial charge in [0.25, 0.3) is 0 Å². The molecular weight excluding hydrogens is 182 g/mol. The van der Waals surface area contributed by atoms with Crippen molar-refractivity contribution in [2.75, 3.05) is 0 Å². The molecule has 0 atom stereocenters. The Bertz CT molecular complexity index is 407. The molecule has 5 nitrogen and oxygen atoms in total. The van der Waals surface area contributed by atoms with Crippen molar-refractivity contribution in [3.63, 3.8) is 0 Å². The maximum atomic E-state index is 10.9. The molecule has 0 aromatic heterocycles. The Morgan fingerprint density at radius 1 is 1.43 bits per heavy atom. The average molecular weight is 191 g/mol. The lowest BCUT2D eigenvalue weighted by Gasteiger charge is -2.06. The molecule has 0 radical (unpaired) electrons. The van der Waals surface area contributed by atoms with Gasteiger partial charge in [-0.3, -0.25) is 0 Å². The number of hydrogen-bond acceptors (Lipinski definition) is 2. The molecule has 0 aliphatic heterocycles. The van der Waals surface area contributed by atoms with Crippen LogP contribution in [0.5, 0.6) is 0 Å². The Morgan fingerprint density at radius 3 is 2.50 bits per heavy atom. The lowest BCUT2D eigenvalue weighted by atomic mass is 10.0. The van der Waals surface area contributed by atoms with Gasteiger partial charge in [-0.2, -0.15) is 0 Å². The summed E-state index contributed by atoms with van der Waals surface area (Å²) in [5.74, 6) is -1.08. The molecule has 0 amide bonds. The van der Waals surface area contributed by atoms with Crippen molar-refractivity contribution in [2.24, 2.45) is 5.11 Å². The number of carbonyl (C=O) groups is 1. The zero-order valence-electron chi connectivity index (χ0n) is 7.85. The van der Waals surface area contributed by atoms with Gasteiger partial charge >= 0.3 is 5.97 Å². The van der Waals surface area contributed by atoms with Crippen molar-refractivity contribution in [3.05, 3.63) is 39.3 Å². The Morgan fingerprint density at radius 2 is 2.00 bits per heavy atom. The predicted octanol–water partition coefficient (Wildman–Crippen LogP) is 2.94. The van der Waals surface area contributed by atoms with Crippen LogP contribution in [0.1, 0.15) is 21.5 Å². The first-order chi connectivity index (χ1) is 6.57. The Balaban J connectivity index is 3.57. The van der Waals surface area contributed by atoms with Gasteiger partial charge in [-0.1, -0.05) is 17.2 Å². The van der Waals surface area contributed by atoms with Crippen LogP contribution in [0, 0.1) is 13.8 Å². The minimum Gasteiger partial charge on any atom is -0.478 e. The second kappa shape index (κ2) is 3.81. The topological polar surface area (TPSA) is 86.1 Å². The molecule has 0 aliphatic carbocycles. The number of aryl methyl sites for hydroxylation is 2. The third-order valence-corrected chi connectivity index (χ3v) is 1.95. The van der Waals surface area contributed by atoms with Crippen LogP contribution in [0.3, 0.4) is 0 Å². The first kappa shape index (κ1) is 10.1. The smallest absolute Gasteiger partial charge is 0.336 e. The summed E-state index contributed by atoms with van der Waals surface area (Å²) in [6.45, 7) is 3.37. The molecule has 0 unspecified atom stereocenters. The van der Waals surface area contributed by atoms with E-state index in [9.17, 15) is 4.79 Å². The molecule has 1 aromatic carbocycles. The molecule has 0 spiro atoms. The van der Waals surface area contributed by atoms with E-state index < -0.39 is 5.97 Å². The van der Waals surface area contributed by atoms with Crippen LogP contribution in [0.4, 0.5) is 5.69 Å². The summed E-state index contributed by atoms with van der Waals surface area (Å²) in [5, 5.41) is 12.3. The predicted molar refractivity (Wildman–Crippen MR) is 51.7 cm³/mol. The van der Waals surface area contributed by atoms with Crippen LogP contribution in [-0.4, -0.2) is 11.1 Å². The Labute approximate surface area is 80.6 Å². The summed E-state index contributed by atoms with van der Waals surface area (Å²) in [6, 6.07) is 3.42. The highest BCUT2D eigenvalue weighted by Crippen LogP contribution is 2.27. The number of benzene rings is 1. The molecule has 0 fully saturated rings. The van der Waals surface area contributed by atoms with Crippen molar-refractivity contribution in [1.82, 2.24) is 0 Å². The highest BCUT2D eigenvalue weighted by molar-refractivity contribution is 5.95. The van der Waals surface area contributed by atoms with Gasteiger partial charge < -0.3 is 5.11 Å². The number of nitrogens with zero attached hydrogens (tertiary/aromatic N) is 3. The number of aromatic carboxylic acids is 1. The maximum absolute atomic E-state index is 10.9. The fraction of sp³-hybridized carbons (Fsp3) is 0.222. The molecular formula is C9H9N3O2. The summed E-state index contributed by atoms with van der Waals surface area (Å²) in [6.07, 6.45) is 0. The minimum atomic E-state index is -1.08. The molecule has 5 heteroatoms. The first-order valence-corrected chi connectivity index (χ1v) is 3.96. The van der Waals surface area contributed by atoms with Gasteiger partial charge in [0.1, 0.15) is 0 Å². The first-order valence-electron chi connectivity index (χ1n) is 3.96. The van der Waals surface area contributed by atoms with E-state index in [4.69, 9.17) is 10.6 Å². The SMILES string of the molecule is Cc1ccc(C)c(C(=O)O)c1N=[N+]=[N-]. The van der Waals surface area contributed by atoms with E-state index in [1.165, 1.54) is 0 Å². The van der Waals surface area contributed by atoms with Crippen molar-refractivity contribution < 1.29 is 9.90 Å². The summed E-state index contributed by atoms with van der Waals surface area (Å²) >= 11 is 0. The number of hydrogen-bond donors (Lipinski definition) is 1. The number of carboxylic acid groups (broad SMARTS) is 1. The molecule has 0 saturated heterocycles. The van der Waals surface area contributed by atoms with Crippen LogP contribution in [0.25, 0.3) is 10.4 Å². The molecule has 1 N–H and O–H groups in total. The Kier molecular flexibility index (Phi) is 2.74. The summed E-state index contributed by atoms with van der Waals surface area (Å²) in [5.41, 5.74) is 9.82.